The fourth-order valence-corrected chi connectivity index (χ4v) is 1.80. The van der Waals surface area contributed by atoms with Crippen LogP contribution < -0.4 is 0 Å². The number of nitrogens with zero attached hydrogens (tertiary/aromatic N) is 1. The Kier molecular flexibility index (Phi) is 3.46. The fourth-order valence-electron chi connectivity index (χ4n) is 1.80. The molecule has 5 heteroatoms. The number of aromatic hydroxyl groups is 2. The van der Waals surface area contributed by atoms with Crippen molar-refractivity contribution < 1.29 is 19.4 Å². The molecule has 0 aliphatic carbocycles. The van der Waals surface area contributed by atoms with Gasteiger partial charge in [0, 0.05) is 19.2 Å². The summed E-state index contributed by atoms with van der Waals surface area (Å²) in [4.78, 5) is 13.6. The molecule has 5 nitrogen and oxygen atoms in total. The molecule has 0 aliphatic heterocycles. The molecule has 1 aromatic carbocycles. The molecule has 0 radical (unpaired) electrons. The largest absolute Gasteiger partial charge is 0.508 e. The second-order valence-corrected chi connectivity index (χ2v) is 4.36. The number of carbonyl (C=O) groups is 1. The highest BCUT2D eigenvalue weighted by Crippen LogP contribution is 2.24. The molecule has 0 saturated carbocycles. The lowest BCUT2D eigenvalue weighted by Gasteiger charge is -2.17. The summed E-state index contributed by atoms with van der Waals surface area (Å²) >= 11 is 0. The van der Waals surface area contributed by atoms with Crippen molar-refractivity contribution in [2.24, 2.45) is 0 Å². The van der Waals surface area contributed by atoms with Crippen LogP contribution in [0.3, 0.4) is 0 Å². The molecule has 0 fully saturated rings. The Hall–Kier alpha value is -2.43. The summed E-state index contributed by atoms with van der Waals surface area (Å²) in [5.74, 6) is 0.168. The predicted octanol–water partition coefficient (Wildman–Crippen LogP) is 2.27. The van der Waals surface area contributed by atoms with Crippen molar-refractivity contribution in [3.05, 3.63) is 47.4 Å². The number of furan rings is 1. The van der Waals surface area contributed by atoms with Crippen LogP contribution in [0.4, 0.5) is 0 Å². The van der Waals surface area contributed by atoms with Crippen molar-refractivity contribution in [3.8, 4) is 11.5 Å². The number of carbonyl (C=O) groups excluding carboxylic acids is 1. The second-order valence-electron chi connectivity index (χ2n) is 4.36. The minimum absolute atomic E-state index is 0.0611. The van der Waals surface area contributed by atoms with Gasteiger partial charge in [0.05, 0.1) is 11.8 Å². The van der Waals surface area contributed by atoms with Crippen LogP contribution in [0, 0.1) is 6.92 Å². The maximum atomic E-state index is 12.2. The SMILES string of the molecule is Cc1occc1CN(C)C(=O)c1cc(O)ccc1O. The molecule has 19 heavy (non-hydrogen) atoms. The van der Waals surface area contributed by atoms with E-state index in [1.165, 1.54) is 23.1 Å². The van der Waals surface area contributed by atoms with E-state index in [4.69, 9.17) is 4.42 Å². The van der Waals surface area contributed by atoms with E-state index in [2.05, 4.69) is 0 Å². The minimum Gasteiger partial charge on any atom is -0.508 e. The molecule has 0 spiro atoms. The second kappa shape index (κ2) is 5.06. The van der Waals surface area contributed by atoms with Gasteiger partial charge in [0.25, 0.3) is 5.91 Å². The Labute approximate surface area is 110 Å². The molecule has 2 aromatic rings. The fraction of sp³-hybridized carbons (Fsp3) is 0.214. The van der Waals surface area contributed by atoms with Gasteiger partial charge in [0.1, 0.15) is 17.3 Å². The monoisotopic (exact) mass is 261 g/mol. The normalized spacial score (nSPS) is 10.4. The van der Waals surface area contributed by atoms with Gasteiger partial charge in [0.2, 0.25) is 0 Å². The predicted molar refractivity (Wildman–Crippen MR) is 69.0 cm³/mol. The van der Waals surface area contributed by atoms with E-state index in [0.717, 1.165) is 11.3 Å². The lowest BCUT2D eigenvalue weighted by molar-refractivity contribution is 0.0781. The van der Waals surface area contributed by atoms with Gasteiger partial charge in [-0.2, -0.15) is 0 Å². The first-order valence-corrected chi connectivity index (χ1v) is 5.79. The van der Waals surface area contributed by atoms with E-state index in [1.807, 2.05) is 6.92 Å². The molecule has 2 N–H and O–H groups in total. The summed E-state index contributed by atoms with van der Waals surface area (Å²) in [6, 6.07) is 5.66. The molecule has 1 amide bonds. The average molecular weight is 261 g/mol. The third-order valence-electron chi connectivity index (χ3n) is 2.93. The molecular formula is C14H15NO4. The van der Waals surface area contributed by atoms with Crippen molar-refractivity contribution in [3.63, 3.8) is 0 Å². The first kappa shape index (κ1) is 13.0. The zero-order valence-electron chi connectivity index (χ0n) is 10.8. The first-order valence-electron chi connectivity index (χ1n) is 5.79. The van der Waals surface area contributed by atoms with Gasteiger partial charge in [0.15, 0.2) is 0 Å². The van der Waals surface area contributed by atoms with Gasteiger partial charge in [-0.25, -0.2) is 0 Å². The molecule has 0 aliphatic rings. The maximum absolute atomic E-state index is 12.2. The van der Waals surface area contributed by atoms with Crippen LogP contribution in [0.1, 0.15) is 21.7 Å². The molecule has 100 valence electrons. The Balaban J connectivity index is 2.19. The number of hydrogen-bond acceptors (Lipinski definition) is 4. The van der Waals surface area contributed by atoms with Gasteiger partial charge < -0.3 is 19.5 Å². The maximum Gasteiger partial charge on any atom is 0.257 e. The van der Waals surface area contributed by atoms with Crippen molar-refractivity contribution in [2.75, 3.05) is 7.05 Å². The van der Waals surface area contributed by atoms with E-state index in [1.54, 1.807) is 19.4 Å². The standard InChI is InChI=1S/C14H15NO4/c1-9-10(5-6-19-9)8-15(2)14(18)12-7-11(16)3-4-13(12)17/h3-7,16-17H,8H2,1-2H3. The zero-order valence-corrected chi connectivity index (χ0v) is 10.8. The third-order valence-corrected chi connectivity index (χ3v) is 2.93. The van der Waals surface area contributed by atoms with Crippen LogP contribution in [-0.4, -0.2) is 28.1 Å². The van der Waals surface area contributed by atoms with Gasteiger partial charge in [-0.05, 0) is 31.2 Å². The van der Waals surface area contributed by atoms with Gasteiger partial charge >= 0.3 is 0 Å². The molecule has 0 unspecified atom stereocenters. The highest BCUT2D eigenvalue weighted by Gasteiger charge is 2.17. The first-order chi connectivity index (χ1) is 8.99. The van der Waals surface area contributed by atoms with E-state index >= 15 is 0 Å². The number of rotatable bonds is 3. The number of amides is 1. The number of phenols is 2. The van der Waals surface area contributed by atoms with Crippen LogP contribution in [0.15, 0.2) is 34.9 Å². The smallest absolute Gasteiger partial charge is 0.257 e. The topological polar surface area (TPSA) is 73.9 Å². The van der Waals surface area contributed by atoms with Gasteiger partial charge in [-0.3, -0.25) is 4.79 Å². The highest BCUT2D eigenvalue weighted by molar-refractivity contribution is 5.97. The molecule has 0 saturated heterocycles. The minimum atomic E-state index is -0.367. The summed E-state index contributed by atoms with van der Waals surface area (Å²) in [6.45, 7) is 2.19. The zero-order chi connectivity index (χ0) is 14.0. The van der Waals surface area contributed by atoms with Crippen molar-refractivity contribution in [2.45, 2.75) is 13.5 Å². The van der Waals surface area contributed by atoms with Crippen molar-refractivity contribution in [1.82, 2.24) is 4.90 Å². The summed E-state index contributed by atoms with van der Waals surface area (Å²) < 4.78 is 5.17. The third kappa shape index (κ3) is 2.70. The molecule has 0 atom stereocenters. The molecular weight excluding hydrogens is 246 g/mol. The Morgan fingerprint density at radius 3 is 2.68 bits per heavy atom. The van der Waals surface area contributed by atoms with Crippen LogP contribution in [0.25, 0.3) is 0 Å². The Morgan fingerprint density at radius 2 is 2.05 bits per heavy atom. The average Bonchev–Trinajstić information content (AvgIpc) is 2.77. The Morgan fingerprint density at radius 1 is 1.32 bits per heavy atom. The molecule has 0 bridgehead atoms. The number of benzene rings is 1. The summed E-state index contributed by atoms with van der Waals surface area (Å²) in [6.07, 6.45) is 1.56. The number of aryl methyl sites for hydroxylation is 1. The summed E-state index contributed by atoms with van der Waals surface area (Å²) in [7, 11) is 1.62. The van der Waals surface area contributed by atoms with Crippen LogP contribution in [0.2, 0.25) is 0 Å². The van der Waals surface area contributed by atoms with E-state index < -0.39 is 0 Å². The van der Waals surface area contributed by atoms with E-state index in [9.17, 15) is 15.0 Å². The van der Waals surface area contributed by atoms with Crippen LogP contribution >= 0.6 is 0 Å². The summed E-state index contributed by atoms with van der Waals surface area (Å²) in [5, 5.41) is 19.0. The van der Waals surface area contributed by atoms with Crippen molar-refractivity contribution >= 4 is 5.91 Å². The number of hydrogen-bond donors (Lipinski definition) is 2. The molecule has 2 rings (SSSR count). The highest BCUT2D eigenvalue weighted by atomic mass is 16.3. The summed E-state index contributed by atoms with van der Waals surface area (Å²) in [5.41, 5.74) is 0.971. The lowest BCUT2D eigenvalue weighted by Crippen LogP contribution is -2.26. The van der Waals surface area contributed by atoms with E-state index in [0.29, 0.717) is 6.54 Å². The number of phenolic OH excluding ortho intramolecular Hbond substituents is 2. The van der Waals surface area contributed by atoms with Crippen LogP contribution in [0.5, 0.6) is 11.5 Å². The molecule has 1 aromatic heterocycles. The molecule has 1 heterocycles. The van der Waals surface area contributed by atoms with E-state index in [-0.39, 0.29) is 23.0 Å². The van der Waals surface area contributed by atoms with Crippen molar-refractivity contribution in [1.29, 1.82) is 0 Å². The van der Waals surface area contributed by atoms with Gasteiger partial charge in [-0.1, -0.05) is 0 Å². The van der Waals surface area contributed by atoms with Crippen LogP contribution in [-0.2, 0) is 6.54 Å². The Bertz CT molecular complexity index is 603. The quantitative estimate of drug-likeness (QED) is 0.831. The van der Waals surface area contributed by atoms with Gasteiger partial charge in [-0.15, -0.1) is 0 Å². The lowest BCUT2D eigenvalue weighted by atomic mass is 10.1.